The third-order valence-corrected chi connectivity index (χ3v) is 6.53. The summed E-state index contributed by atoms with van der Waals surface area (Å²) in [6, 6.07) is 6.51. The van der Waals surface area contributed by atoms with Crippen molar-refractivity contribution in [3.05, 3.63) is 42.4 Å². The number of pyridine rings is 2. The molecule has 0 saturated carbocycles. The van der Waals surface area contributed by atoms with Crippen molar-refractivity contribution >= 4 is 11.2 Å². The van der Waals surface area contributed by atoms with E-state index < -0.39 is 0 Å². The molecule has 3 aromatic heterocycles. The molecule has 0 atom stereocenters. The van der Waals surface area contributed by atoms with Gasteiger partial charge in [-0.1, -0.05) is 65.2 Å². The molecular formula is C28H44N4+2. The molecule has 1 N–H and O–H groups in total. The van der Waals surface area contributed by atoms with Crippen LogP contribution in [-0.4, -0.2) is 9.97 Å². The number of aromatic amines is 1. The van der Waals surface area contributed by atoms with Gasteiger partial charge in [0.25, 0.3) is 5.82 Å². The van der Waals surface area contributed by atoms with Gasteiger partial charge >= 0.3 is 5.65 Å². The molecule has 0 aliphatic heterocycles. The van der Waals surface area contributed by atoms with Crippen molar-refractivity contribution in [1.29, 1.82) is 0 Å². The third-order valence-electron chi connectivity index (χ3n) is 6.53. The second-order valence-electron chi connectivity index (χ2n) is 9.34. The molecule has 0 unspecified atom stereocenters. The number of hydrogen-bond donors (Lipinski definition) is 1. The Morgan fingerprint density at radius 1 is 0.781 bits per heavy atom. The molecule has 3 aromatic rings. The van der Waals surface area contributed by atoms with E-state index in [1.54, 1.807) is 0 Å². The molecule has 0 bridgehead atoms. The van der Waals surface area contributed by atoms with Crippen LogP contribution in [0.4, 0.5) is 0 Å². The number of rotatable bonds is 15. The lowest BCUT2D eigenvalue weighted by Crippen LogP contribution is -2.34. The van der Waals surface area contributed by atoms with Crippen molar-refractivity contribution in [1.82, 2.24) is 9.97 Å². The van der Waals surface area contributed by atoms with Crippen molar-refractivity contribution in [3.8, 4) is 11.4 Å². The van der Waals surface area contributed by atoms with E-state index in [0.29, 0.717) is 0 Å². The molecule has 32 heavy (non-hydrogen) atoms. The van der Waals surface area contributed by atoms with Crippen molar-refractivity contribution < 1.29 is 9.13 Å². The summed E-state index contributed by atoms with van der Waals surface area (Å²) >= 11 is 0. The topological polar surface area (TPSA) is 36.4 Å². The van der Waals surface area contributed by atoms with Gasteiger partial charge in [0.2, 0.25) is 0 Å². The summed E-state index contributed by atoms with van der Waals surface area (Å²) in [6.45, 7) is 8.85. The van der Waals surface area contributed by atoms with Gasteiger partial charge in [-0.25, -0.2) is 9.13 Å². The SMILES string of the molecule is CCCCCCCC[n+]1ccc(C)c(-c2nc3c(ccc[n+]3CCCCCCCC)[nH]2)c1. The summed E-state index contributed by atoms with van der Waals surface area (Å²) in [7, 11) is 0. The lowest BCUT2D eigenvalue weighted by atomic mass is 10.1. The monoisotopic (exact) mass is 436 g/mol. The van der Waals surface area contributed by atoms with Crippen molar-refractivity contribution in [2.75, 3.05) is 0 Å². The van der Waals surface area contributed by atoms with Crippen molar-refractivity contribution in [2.24, 2.45) is 0 Å². The Bertz CT molecular complexity index is 944. The normalized spacial score (nSPS) is 11.5. The minimum absolute atomic E-state index is 0.984. The molecule has 0 aliphatic rings. The van der Waals surface area contributed by atoms with Gasteiger partial charge in [-0.2, -0.15) is 0 Å². The summed E-state index contributed by atoms with van der Waals surface area (Å²) < 4.78 is 4.65. The second-order valence-corrected chi connectivity index (χ2v) is 9.34. The molecule has 4 heteroatoms. The van der Waals surface area contributed by atoms with Gasteiger partial charge in [0.05, 0.1) is 12.7 Å². The van der Waals surface area contributed by atoms with Gasteiger partial charge in [0.15, 0.2) is 12.4 Å². The summed E-state index contributed by atoms with van der Waals surface area (Å²) in [5, 5.41) is 0. The zero-order valence-corrected chi connectivity index (χ0v) is 20.7. The Morgan fingerprint density at radius 3 is 2.16 bits per heavy atom. The highest BCUT2D eigenvalue weighted by atomic mass is 15.1. The molecule has 0 radical (unpaired) electrons. The highest BCUT2D eigenvalue weighted by Gasteiger charge is 2.20. The van der Waals surface area contributed by atoms with Gasteiger partial charge in [-0.3, -0.25) is 0 Å². The van der Waals surface area contributed by atoms with Crippen LogP contribution < -0.4 is 9.13 Å². The van der Waals surface area contributed by atoms with Gasteiger partial charge in [-0.15, -0.1) is 0 Å². The first kappa shape index (κ1) is 24.4. The van der Waals surface area contributed by atoms with Gasteiger partial charge in [0.1, 0.15) is 17.6 Å². The number of nitrogens with one attached hydrogen (secondary N) is 1. The van der Waals surface area contributed by atoms with Crippen LogP contribution in [0.25, 0.3) is 22.6 Å². The van der Waals surface area contributed by atoms with Crippen LogP contribution in [0.5, 0.6) is 0 Å². The van der Waals surface area contributed by atoms with Gasteiger partial charge < -0.3 is 4.98 Å². The minimum atomic E-state index is 0.984. The molecule has 174 valence electrons. The minimum Gasteiger partial charge on any atom is -0.311 e. The first-order chi connectivity index (χ1) is 15.7. The zero-order chi connectivity index (χ0) is 22.6. The molecule has 0 saturated heterocycles. The maximum atomic E-state index is 5.04. The van der Waals surface area contributed by atoms with E-state index in [9.17, 15) is 0 Å². The number of hydrogen-bond acceptors (Lipinski definition) is 1. The number of aromatic nitrogens is 4. The summed E-state index contributed by atoms with van der Waals surface area (Å²) in [4.78, 5) is 8.62. The van der Waals surface area contributed by atoms with Crippen molar-refractivity contribution in [3.63, 3.8) is 0 Å². The Balaban J connectivity index is 1.65. The maximum Gasteiger partial charge on any atom is 0.349 e. The maximum absolute atomic E-state index is 5.04. The summed E-state index contributed by atoms with van der Waals surface area (Å²) in [5.41, 5.74) is 4.67. The predicted octanol–water partition coefficient (Wildman–Crippen LogP) is 6.83. The fourth-order valence-electron chi connectivity index (χ4n) is 4.47. The fourth-order valence-corrected chi connectivity index (χ4v) is 4.47. The molecule has 0 fully saturated rings. The number of nitrogens with zero attached hydrogens (tertiary/aromatic N) is 3. The quantitative estimate of drug-likeness (QED) is 0.206. The molecule has 0 amide bonds. The van der Waals surface area contributed by atoms with E-state index in [1.807, 2.05) is 0 Å². The van der Waals surface area contributed by atoms with E-state index in [2.05, 4.69) is 71.7 Å². The molecule has 0 aromatic carbocycles. The lowest BCUT2D eigenvalue weighted by Gasteiger charge is -2.02. The molecule has 3 rings (SSSR count). The number of fused-ring (bicyclic) bond motifs is 1. The molecule has 3 heterocycles. The molecule has 4 nitrogen and oxygen atoms in total. The first-order valence-corrected chi connectivity index (χ1v) is 13.1. The van der Waals surface area contributed by atoms with Crippen LogP contribution in [-0.2, 0) is 13.1 Å². The number of imidazole rings is 1. The molecule has 0 aliphatic carbocycles. The summed E-state index contributed by atoms with van der Waals surface area (Å²) in [5.74, 6) is 0.984. The van der Waals surface area contributed by atoms with Gasteiger partial charge in [0, 0.05) is 12.5 Å². The Hall–Kier alpha value is -2.23. The average molecular weight is 437 g/mol. The van der Waals surface area contributed by atoms with E-state index in [4.69, 9.17) is 4.98 Å². The Labute approximate surface area is 195 Å². The smallest absolute Gasteiger partial charge is 0.311 e. The Morgan fingerprint density at radius 2 is 1.44 bits per heavy atom. The molecule has 0 spiro atoms. The van der Waals surface area contributed by atoms with E-state index in [1.165, 1.54) is 88.2 Å². The standard InChI is InChI=1S/C28H43N4/c1-4-6-8-10-12-14-19-31-22-18-24(3)25(23-31)27-29-26-17-16-21-32(28(26)30-27)20-15-13-11-9-7-5-2/h16-18,21-23H,4-15,19-20H2,1-3H3/q+1/p+1. The largest absolute Gasteiger partial charge is 0.349 e. The predicted molar refractivity (Wildman–Crippen MR) is 133 cm³/mol. The highest BCUT2D eigenvalue weighted by Crippen LogP contribution is 2.21. The number of H-pyrrole nitrogens is 1. The highest BCUT2D eigenvalue weighted by molar-refractivity contribution is 5.73. The summed E-state index contributed by atoms with van der Waals surface area (Å²) in [6.07, 6.45) is 22.5. The van der Waals surface area contributed by atoms with Crippen LogP contribution in [0.1, 0.15) is 96.5 Å². The van der Waals surface area contributed by atoms with Crippen LogP contribution in [0.3, 0.4) is 0 Å². The molecular weight excluding hydrogens is 392 g/mol. The van der Waals surface area contributed by atoms with E-state index >= 15 is 0 Å². The first-order valence-electron chi connectivity index (χ1n) is 13.1. The van der Waals surface area contributed by atoms with Crippen LogP contribution >= 0.6 is 0 Å². The van der Waals surface area contributed by atoms with E-state index in [0.717, 1.165) is 30.1 Å². The van der Waals surface area contributed by atoms with Crippen LogP contribution in [0, 0.1) is 6.92 Å². The van der Waals surface area contributed by atoms with Crippen molar-refractivity contribution in [2.45, 2.75) is 111 Å². The van der Waals surface area contributed by atoms with Gasteiger partial charge in [-0.05, 0) is 48.9 Å². The number of aryl methyl sites for hydroxylation is 3. The number of unbranched alkanes of at least 4 members (excludes halogenated alkanes) is 10. The third kappa shape index (κ3) is 7.15. The Kier molecular flexibility index (Phi) is 10.2. The zero-order valence-electron chi connectivity index (χ0n) is 20.7. The van der Waals surface area contributed by atoms with Crippen LogP contribution in [0.15, 0.2) is 36.8 Å². The average Bonchev–Trinajstić information content (AvgIpc) is 3.24. The second kappa shape index (κ2) is 13.3. The fraction of sp³-hybridized carbons (Fsp3) is 0.607. The van der Waals surface area contributed by atoms with Crippen LogP contribution in [0.2, 0.25) is 0 Å². The van der Waals surface area contributed by atoms with E-state index in [-0.39, 0.29) is 0 Å². The lowest BCUT2D eigenvalue weighted by molar-refractivity contribution is -0.697.